The van der Waals surface area contributed by atoms with Crippen LogP contribution in [0.3, 0.4) is 0 Å². The molecule has 0 unspecified atom stereocenters. The van der Waals surface area contributed by atoms with Gasteiger partial charge in [-0.3, -0.25) is 4.79 Å². The number of rotatable bonds is 4. The van der Waals surface area contributed by atoms with Gasteiger partial charge in [0.2, 0.25) is 0 Å². The van der Waals surface area contributed by atoms with Gasteiger partial charge < -0.3 is 9.88 Å². The molecule has 2 aromatic rings. The van der Waals surface area contributed by atoms with Crippen LogP contribution < -0.4 is 10.9 Å². The average Bonchev–Trinajstić information content (AvgIpc) is 2.35. The summed E-state index contributed by atoms with van der Waals surface area (Å²) in [4.78, 5) is 15.8. The van der Waals surface area contributed by atoms with Crippen molar-refractivity contribution in [3.05, 3.63) is 58.6 Å². The molecule has 0 aliphatic rings. The van der Waals surface area contributed by atoms with E-state index in [-0.39, 0.29) is 5.56 Å². The van der Waals surface area contributed by atoms with Crippen LogP contribution in [-0.2, 0) is 6.54 Å². The molecule has 0 radical (unpaired) electrons. The molecular formula is C13H15N3O. The molecule has 4 nitrogen and oxygen atoms in total. The molecule has 0 saturated heterocycles. The third-order valence-electron chi connectivity index (χ3n) is 2.43. The zero-order valence-corrected chi connectivity index (χ0v) is 9.76. The Balaban J connectivity index is 2.14. The quantitative estimate of drug-likeness (QED) is 0.868. The predicted octanol–water partition coefficient (Wildman–Crippen LogP) is 1.72. The molecule has 0 aliphatic carbocycles. The van der Waals surface area contributed by atoms with Crippen LogP contribution in [0.2, 0.25) is 0 Å². The fourth-order valence-corrected chi connectivity index (χ4v) is 1.59. The normalized spacial score (nSPS) is 10.2. The van der Waals surface area contributed by atoms with Crippen LogP contribution in [0, 0.1) is 0 Å². The number of nitrogens with zero attached hydrogens (tertiary/aromatic N) is 2. The second-order valence-corrected chi connectivity index (χ2v) is 3.75. The zero-order valence-electron chi connectivity index (χ0n) is 9.76. The summed E-state index contributed by atoms with van der Waals surface area (Å²) in [7, 11) is 0. The lowest BCUT2D eigenvalue weighted by molar-refractivity contribution is 0.756. The lowest BCUT2D eigenvalue weighted by Gasteiger charge is -2.06. The molecule has 2 heterocycles. The van der Waals surface area contributed by atoms with Crippen LogP contribution in [0.4, 0.5) is 5.82 Å². The molecule has 88 valence electrons. The van der Waals surface area contributed by atoms with E-state index in [9.17, 15) is 4.79 Å². The average molecular weight is 229 g/mol. The van der Waals surface area contributed by atoms with E-state index in [2.05, 4.69) is 10.3 Å². The lowest BCUT2D eigenvalue weighted by Crippen LogP contribution is -2.18. The van der Waals surface area contributed by atoms with Crippen molar-refractivity contribution in [3.8, 4) is 0 Å². The number of hydrogen-bond donors (Lipinski definition) is 1. The number of anilines is 1. The molecule has 0 atom stereocenters. The minimum absolute atomic E-state index is 0.00302. The van der Waals surface area contributed by atoms with Gasteiger partial charge >= 0.3 is 0 Å². The van der Waals surface area contributed by atoms with E-state index in [4.69, 9.17) is 0 Å². The van der Waals surface area contributed by atoms with Gasteiger partial charge in [0.25, 0.3) is 5.56 Å². The first-order valence-corrected chi connectivity index (χ1v) is 5.64. The van der Waals surface area contributed by atoms with E-state index in [1.165, 1.54) is 0 Å². The molecule has 0 fully saturated rings. The number of nitrogens with one attached hydrogen (secondary N) is 1. The summed E-state index contributed by atoms with van der Waals surface area (Å²) >= 11 is 0. The number of hydrogen-bond acceptors (Lipinski definition) is 3. The molecule has 2 aromatic heterocycles. The van der Waals surface area contributed by atoms with Crippen molar-refractivity contribution in [2.24, 2.45) is 0 Å². The fourth-order valence-electron chi connectivity index (χ4n) is 1.59. The van der Waals surface area contributed by atoms with Gasteiger partial charge in [-0.15, -0.1) is 0 Å². The van der Waals surface area contributed by atoms with Gasteiger partial charge in [-0.1, -0.05) is 12.1 Å². The molecule has 0 spiro atoms. The lowest BCUT2D eigenvalue weighted by atomic mass is 10.2. The fraction of sp³-hybridized carbons (Fsp3) is 0.231. The summed E-state index contributed by atoms with van der Waals surface area (Å²) in [5, 5.41) is 3.13. The van der Waals surface area contributed by atoms with Crippen molar-refractivity contribution in [2.75, 3.05) is 11.9 Å². The van der Waals surface area contributed by atoms with Crippen LogP contribution in [-0.4, -0.2) is 16.1 Å². The zero-order chi connectivity index (χ0) is 12.1. The van der Waals surface area contributed by atoms with Gasteiger partial charge in [-0.25, -0.2) is 4.98 Å². The SMILES string of the molecule is CCNc1ccc(Cn2ccccc2=O)cn1. The Morgan fingerprint density at radius 1 is 1.29 bits per heavy atom. The molecule has 2 rings (SSSR count). The predicted molar refractivity (Wildman–Crippen MR) is 68.2 cm³/mol. The highest BCUT2D eigenvalue weighted by molar-refractivity contribution is 5.35. The molecule has 17 heavy (non-hydrogen) atoms. The molecule has 0 aliphatic heterocycles. The third-order valence-corrected chi connectivity index (χ3v) is 2.43. The Morgan fingerprint density at radius 3 is 2.82 bits per heavy atom. The molecule has 4 heteroatoms. The maximum absolute atomic E-state index is 11.5. The molecule has 0 amide bonds. The van der Waals surface area contributed by atoms with Crippen LogP contribution in [0.25, 0.3) is 0 Å². The summed E-state index contributed by atoms with van der Waals surface area (Å²) in [6.07, 6.45) is 3.57. The topological polar surface area (TPSA) is 46.9 Å². The van der Waals surface area contributed by atoms with Gasteiger partial charge in [-0.05, 0) is 24.6 Å². The summed E-state index contributed by atoms with van der Waals surface area (Å²) in [6.45, 7) is 3.43. The summed E-state index contributed by atoms with van der Waals surface area (Å²) < 4.78 is 1.66. The second kappa shape index (κ2) is 5.30. The molecule has 0 saturated carbocycles. The van der Waals surface area contributed by atoms with E-state index in [0.717, 1.165) is 17.9 Å². The largest absolute Gasteiger partial charge is 0.370 e. The summed E-state index contributed by atoms with van der Waals surface area (Å²) in [5.74, 6) is 0.858. The molecule has 0 bridgehead atoms. The second-order valence-electron chi connectivity index (χ2n) is 3.75. The van der Waals surface area contributed by atoms with E-state index in [1.54, 1.807) is 29.1 Å². The maximum Gasteiger partial charge on any atom is 0.250 e. The highest BCUT2D eigenvalue weighted by atomic mass is 16.1. The van der Waals surface area contributed by atoms with Crippen LogP contribution in [0.5, 0.6) is 0 Å². The standard InChI is InChI=1S/C13H15N3O/c1-2-14-12-7-6-11(9-15-12)10-16-8-4-3-5-13(16)17/h3-9H,2,10H2,1H3,(H,14,15). The number of aromatic nitrogens is 2. The van der Waals surface area contributed by atoms with Crippen molar-refractivity contribution in [1.82, 2.24) is 9.55 Å². The number of pyridine rings is 2. The van der Waals surface area contributed by atoms with Crippen molar-refractivity contribution in [1.29, 1.82) is 0 Å². The van der Waals surface area contributed by atoms with E-state index >= 15 is 0 Å². The van der Waals surface area contributed by atoms with E-state index in [0.29, 0.717) is 6.54 Å². The monoisotopic (exact) mass is 229 g/mol. The van der Waals surface area contributed by atoms with Crippen molar-refractivity contribution < 1.29 is 0 Å². The Kier molecular flexibility index (Phi) is 3.55. The smallest absolute Gasteiger partial charge is 0.250 e. The summed E-state index contributed by atoms with van der Waals surface area (Å²) in [6, 6.07) is 9.05. The van der Waals surface area contributed by atoms with Crippen LogP contribution in [0.15, 0.2) is 47.5 Å². The molecule has 0 aromatic carbocycles. The van der Waals surface area contributed by atoms with Gasteiger partial charge in [0, 0.05) is 25.0 Å². The Morgan fingerprint density at radius 2 is 2.18 bits per heavy atom. The Labute approximate surface area is 99.9 Å². The van der Waals surface area contributed by atoms with Crippen molar-refractivity contribution >= 4 is 5.82 Å². The van der Waals surface area contributed by atoms with Crippen molar-refractivity contribution in [2.45, 2.75) is 13.5 Å². The Hall–Kier alpha value is -2.10. The highest BCUT2D eigenvalue weighted by Crippen LogP contribution is 2.05. The van der Waals surface area contributed by atoms with Gasteiger partial charge in [0.1, 0.15) is 5.82 Å². The highest BCUT2D eigenvalue weighted by Gasteiger charge is 1.98. The van der Waals surface area contributed by atoms with Gasteiger partial charge in [-0.2, -0.15) is 0 Å². The van der Waals surface area contributed by atoms with Gasteiger partial charge in [0.15, 0.2) is 0 Å². The first-order chi connectivity index (χ1) is 8.29. The minimum Gasteiger partial charge on any atom is -0.370 e. The van der Waals surface area contributed by atoms with E-state index < -0.39 is 0 Å². The molecular weight excluding hydrogens is 214 g/mol. The minimum atomic E-state index is 0.00302. The van der Waals surface area contributed by atoms with E-state index in [1.807, 2.05) is 25.1 Å². The first-order valence-electron chi connectivity index (χ1n) is 5.64. The first kappa shape index (κ1) is 11.4. The van der Waals surface area contributed by atoms with Gasteiger partial charge in [0.05, 0.1) is 6.54 Å². The van der Waals surface area contributed by atoms with Crippen LogP contribution in [0.1, 0.15) is 12.5 Å². The third kappa shape index (κ3) is 2.93. The summed E-state index contributed by atoms with van der Waals surface area (Å²) in [5.41, 5.74) is 1.02. The van der Waals surface area contributed by atoms with Crippen LogP contribution >= 0.6 is 0 Å². The van der Waals surface area contributed by atoms with Crippen molar-refractivity contribution in [3.63, 3.8) is 0 Å². The maximum atomic E-state index is 11.5. The Bertz CT molecular complexity index is 531. The molecule has 1 N–H and O–H groups in total.